The van der Waals surface area contributed by atoms with Crippen molar-refractivity contribution in [2.75, 3.05) is 7.11 Å². The fraction of sp³-hybridized carbons (Fsp3) is 0.500. The van der Waals surface area contributed by atoms with E-state index in [9.17, 15) is 8.42 Å². The van der Waals surface area contributed by atoms with Gasteiger partial charge in [-0.3, -0.25) is 0 Å². The normalized spacial score (nSPS) is 11.8. The summed E-state index contributed by atoms with van der Waals surface area (Å²) >= 11 is 0. The zero-order chi connectivity index (χ0) is 17.7. The second kappa shape index (κ2) is 7.94. The minimum atomic E-state index is -3.82. The van der Waals surface area contributed by atoms with Crippen LogP contribution in [0.25, 0.3) is 10.9 Å². The molecule has 132 valence electrons. The number of fused-ring (bicyclic) bond motifs is 1. The second-order valence-corrected chi connectivity index (χ2v) is 7.54. The van der Waals surface area contributed by atoms with Crippen molar-refractivity contribution < 1.29 is 13.2 Å². The molecule has 0 saturated heterocycles. The number of primary sulfonamides is 1. The van der Waals surface area contributed by atoms with Gasteiger partial charge < -0.3 is 4.74 Å². The fourth-order valence-electron chi connectivity index (χ4n) is 2.85. The highest BCUT2D eigenvalue weighted by atomic mass is 32.2. The average molecular weight is 350 g/mol. The zero-order valence-electron chi connectivity index (χ0n) is 14.6. The number of benzene rings is 1. The van der Waals surface area contributed by atoms with Crippen LogP contribution >= 0.6 is 0 Å². The summed E-state index contributed by atoms with van der Waals surface area (Å²) in [7, 11) is -2.26. The predicted molar refractivity (Wildman–Crippen MR) is 96.9 cm³/mol. The van der Waals surface area contributed by atoms with E-state index in [4.69, 9.17) is 14.9 Å². The monoisotopic (exact) mass is 350 g/mol. The fourth-order valence-corrected chi connectivity index (χ4v) is 3.57. The summed E-state index contributed by atoms with van der Waals surface area (Å²) < 4.78 is 29.3. The Morgan fingerprint density at radius 2 is 1.79 bits per heavy atom. The number of rotatable bonds is 8. The minimum Gasteiger partial charge on any atom is -0.494 e. The van der Waals surface area contributed by atoms with Gasteiger partial charge in [0.25, 0.3) is 0 Å². The number of hydrogen-bond donors (Lipinski definition) is 1. The lowest BCUT2D eigenvalue weighted by atomic mass is 10.0. The summed E-state index contributed by atoms with van der Waals surface area (Å²) in [4.78, 5) is 4.87. The molecule has 6 heteroatoms. The third-order valence-corrected chi connectivity index (χ3v) is 5.14. The highest BCUT2D eigenvalue weighted by Crippen LogP contribution is 2.31. The lowest BCUT2D eigenvalue weighted by Crippen LogP contribution is -2.13. The molecule has 0 aliphatic heterocycles. The highest BCUT2D eigenvalue weighted by Gasteiger charge is 2.18. The number of nitrogens with zero attached hydrogens (tertiary/aromatic N) is 1. The summed E-state index contributed by atoms with van der Waals surface area (Å²) in [5.41, 5.74) is 2.70. The highest BCUT2D eigenvalue weighted by molar-refractivity contribution is 7.89. The molecule has 0 atom stereocenters. The first-order chi connectivity index (χ1) is 11.4. The van der Waals surface area contributed by atoms with Gasteiger partial charge in [-0.2, -0.15) is 0 Å². The summed E-state index contributed by atoms with van der Waals surface area (Å²) in [6.45, 7) is 4.28. The number of aromatic nitrogens is 1. The van der Waals surface area contributed by atoms with E-state index in [1.807, 2.05) is 6.07 Å². The molecule has 2 aromatic rings. The second-order valence-electron chi connectivity index (χ2n) is 6.01. The number of aryl methyl sites for hydroxylation is 2. The van der Waals surface area contributed by atoms with Crippen LogP contribution in [0.15, 0.2) is 23.1 Å². The quantitative estimate of drug-likeness (QED) is 0.789. The van der Waals surface area contributed by atoms with E-state index < -0.39 is 10.0 Å². The van der Waals surface area contributed by atoms with E-state index in [0.717, 1.165) is 49.8 Å². The summed E-state index contributed by atoms with van der Waals surface area (Å²) in [6, 6.07) is 5.04. The van der Waals surface area contributed by atoms with Crippen LogP contribution in [-0.4, -0.2) is 20.5 Å². The first-order valence-corrected chi connectivity index (χ1v) is 9.99. The summed E-state index contributed by atoms with van der Waals surface area (Å²) in [5.74, 6) is 0.567. The van der Waals surface area contributed by atoms with Crippen LogP contribution in [0.5, 0.6) is 5.75 Å². The third-order valence-electron chi connectivity index (χ3n) is 4.17. The van der Waals surface area contributed by atoms with E-state index in [1.165, 1.54) is 6.07 Å². The molecule has 0 aliphatic carbocycles. The Morgan fingerprint density at radius 3 is 2.38 bits per heavy atom. The standard InChI is InChI=1S/C18H26N2O3S/c1-4-6-8-13-12-14-17(24(19,21)22)11-10-16(23-3)18(14)20-15(13)9-7-5-2/h10-12H,4-9H2,1-3H3,(H2,19,21,22). The van der Waals surface area contributed by atoms with Crippen LogP contribution < -0.4 is 9.88 Å². The molecule has 0 fully saturated rings. The van der Waals surface area contributed by atoms with E-state index in [0.29, 0.717) is 16.7 Å². The molecule has 0 radical (unpaired) electrons. The number of hydrogen-bond acceptors (Lipinski definition) is 4. The number of pyridine rings is 1. The van der Waals surface area contributed by atoms with Gasteiger partial charge in [0, 0.05) is 11.1 Å². The largest absolute Gasteiger partial charge is 0.494 e. The van der Waals surface area contributed by atoms with Crippen LogP contribution in [0.4, 0.5) is 0 Å². The molecular weight excluding hydrogens is 324 g/mol. The molecular formula is C18H26N2O3S. The molecule has 0 aliphatic rings. The van der Waals surface area contributed by atoms with Gasteiger partial charge in [-0.15, -0.1) is 0 Å². The molecule has 0 spiro atoms. The lowest BCUT2D eigenvalue weighted by molar-refractivity contribution is 0.418. The molecule has 0 amide bonds. The maximum Gasteiger partial charge on any atom is 0.238 e. The van der Waals surface area contributed by atoms with Crippen LogP contribution in [0.2, 0.25) is 0 Å². The Morgan fingerprint density at radius 1 is 1.12 bits per heavy atom. The van der Waals surface area contributed by atoms with E-state index in [1.54, 1.807) is 13.2 Å². The van der Waals surface area contributed by atoms with Gasteiger partial charge in [-0.25, -0.2) is 18.5 Å². The molecule has 5 nitrogen and oxygen atoms in total. The minimum absolute atomic E-state index is 0.102. The molecule has 1 heterocycles. The molecule has 0 saturated carbocycles. The maximum absolute atomic E-state index is 11.9. The van der Waals surface area contributed by atoms with Crippen LogP contribution in [0.3, 0.4) is 0 Å². The van der Waals surface area contributed by atoms with E-state index in [2.05, 4.69) is 13.8 Å². The van der Waals surface area contributed by atoms with Crippen LogP contribution in [0, 0.1) is 0 Å². The third kappa shape index (κ3) is 4.05. The van der Waals surface area contributed by atoms with Crippen molar-refractivity contribution in [1.82, 2.24) is 4.98 Å². The van der Waals surface area contributed by atoms with Crippen molar-refractivity contribution >= 4 is 20.9 Å². The van der Waals surface area contributed by atoms with Crippen molar-refractivity contribution in [3.8, 4) is 5.75 Å². The smallest absolute Gasteiger partial charge is 0.238 e. The van der Waals surface area contributed by atoms with Gasteiger partial charge in [-0.1, -0.05) is 26.7 Å². The Balaban J connectivity index is 2.73. The van der Waals surface area contributed by atoms with Crippen LogP contribution in [0.1, 0.15) is 50.8 Å². The van der Waals surface area contributed by atoms with Gasteiger partial charge >= 0.3 is 0 Å². The Labute approximate surface area is 144 Å². The van der Waals surface area contributed by atoms with Crippen LogP contribution in [-0.2, 0) is 22.9 Å². The number of ether oxygens (including phenoxy) is 1. The van der Waals surface area contributed by atoms with Gasteiger partial charge in [-0.05, 0) is 49.4 Å². The number of unbranched alkanes of at least 4 members (excludes halogenated alkanes) is 2. The summed E-state index contributed by atoms with van der Waals surface area (Å²) in [5, 5.41) is 5.93. The van der Waals surface area contributed by atoms with Crippen molar-refractivity contribution in [1.29, 1.82) is 0 Å². The Bertz CT molecular complexity index is 817. The zero-order valence-corrected chi connectivity index (χ0v) is 15.4. The number of methoxy groups -OCH3 is 1. The predicted octanol–water partition coefficient (Wildman–Crippen LogP) is 3.58. The van der Waals surface area contributed by atoms with Gasteiger partial charge in [0.1, 0.15) is 11.3 Å². The summed E-state index contributed by atoms with van der Waals surface area (Å²) in [6.07, 6.45) is 6.02. The van der Waals surface area contributed by atoms with Gasteiger partial charge in [0.2, 0.25) is 10.0 Å². The van der Waals surface area contributed by atoms with Gasteiger partial charge in [0.15, 0.2) is 0 Å². The van der Waals surface area contributed by atoms with E-state index in [-0.39, 0.29) is 4.90 Å². The molecule has 2 N–H and O–H groups in total. The molecule has 0 unspecified atom stereocenters. The molecule has 0 bridgehead atoms. The number of nitrogens with two attached hydrogens (primary N) is 1. The molecule has 1 aromatic carbocycles. The SMILES string of the molecule is CCCCc1cc2c(S(N)(=O)=O)ccc(OC)c2nc1CCCC. The molecule has 24 heavy (non-hydrogen) atoms. The molecule has 2 rings (SSSR count). The number of sulfonamides is 1. The van der Waals surface area contributed by atoms with Crippen molar-refractivity contribution in [3.63, 3.8) is 0 Å². The topological polar surface area (TPSA) is 82.3 Å². The van der Waals surface area contributed by atoms with Gasteiger partial charge in [0.05, 0.1) is 12.0 Å². The van der Waals surface area contributed by atoms with Crippen molar-refractivity contribution in [2.24, 2.45) is 5.14 Å². The average Bonchev–Trinajstić information content (AvgIpc) is 2.55. The van der Waals surface area contributed by atoms with Crippen molar-refractivity contribution in [2.45, 2.75) is 57.3 Å². The molecule has 1 aromatic heterocycles. The van der Waals surface area contributed by atoms with Crippen molar-refractivity contribution in [3.05, 3.63) is 29.5 Å². The Kier molecular flexibility index (Phi) is 6.18. The maximum atomic E-state index is 11.9. The Hall–Kier alpha value is -1.66. The lowest BCUT2D eigenvalue weighted by Gasteiger charge is -2.14. The first kappa shape index (κ1) is 18.7. The van der Waals surface area contributed by atoms with E-state index >= 15 is 0 Å². The first-order valence-electron chi connectivity index (χ1n) is 8.44.